The summed E-state index contributed by atoms with van der Waals surface area (Å²) in [5.74, 6) is 0.889. The summed E-state index contributed by atoms with van der Waals surface area (Å²) in [5, 5.41) is 4.34. The standard InChI is InChI=1S/C16H24N2S/c1-2-12-18(13-15-8-9-15)16(19)17-11-10-14-6-4-3-5-7-14/h3-7,15H,2,8-13H2,1H3,(H,17,19). The van der Waals surface area contributed by atoms with Crippen LogP contribution in [0.1, 0.15) is 31.7 Å². The highest BCUT2D eigenvalue weighted by Gasteiger charge is 2.24. The van der Waals surface area contributed by atoms with Crippen LogP contribution in [0.5, 0.6) is 0 Å². The van der Waals surface area contributed by atoms with Gasteiger partial charge in [0, 0.05) is 19.6 Å². The molecule has 0 saturated heterocycles. The van der Waals surface area contributed by atoms with Gasteiger partial charge in [-0.05, 0) is 49.4 Å². The van der Waals surface area contributed by atoms with Gasteiger partial charge in [0.15, 0.2) is 5.11 Å². The zero-order valence-electron chi connectivity index (χ0n) is 11.8. The van der Waals surface area contributed by atoms with Crippen LogP contribution < -0.4 is 5.32 Å². The van der Waals surface area contributed by atoms with E-state index in [-0.39, 0.29) is 0 Å². The maximum atomic E-state index is 5.52. The summed E-state index contributed by atoms with van der Waals surface area (Å²) in [6.07, 6.45) is 4.96. The summed E-state index contributed by atoms with van der Waals surface area (Å²) >= 11 is 5.52. The SMILES string of the molecule is CCCN(CC1CC1)C(=S)NCCc1ccccc1. The number of thiocarbonyl (C=S) groups is 1. The van der Waals surface area contributed by atoms with E-state index in [0.717, 1.165) is 43.5 Å². The largest absolute Gasteiger partial charge is 0.362 e. The van der Waals surface area contributed by atoms with Crippen molar-refractivity contribution < 1.29 is 0 Å². The summed E-state index contributed by atoms with van der Waals surface area (Å²) in [5.41, 5.74) is 1.36. The van der Waals surface area contributed by atoms with Crippen LogP contribution in [0, 0.1) is 5.92 Å². The average Bonchev–Trinajstić information content (AvgIpc) is 3.23. The first-order valence-corrected chi connectivity index (χ1v) is 7.77. The maximum absolute atomic E-state index is 5.52. The second-order valence-electron chi connectivity index (χ2n) is 5.36. The Morgan fingerprint density at radius 2 is 2.05 bits per heavy atom. The van der Waals surface area contributed by atoms with Crippen LogP contribution >= 0.6 is 12.2 Å². The van der Waals surface area contributed by atoms with E-state index in [4.69, 9.17) is 12.2 Å². The van der Waals surface area contributed by atoms with E-state index in [0.29, 0.717) is 0 Å². The molecule has 1 saturated carbocycles. The fraction of sp³-hybridized carbons (Fsp3) is 0.562. The molecule has 1 fully saturated rings. The minimum absolute atomic E-state index is 0.889. The van der Waals surface area contributed by atoms with Gasteiger partial charge in [-0.3, -0.25) is 0 Å². The number of hydrogen-bond donors (Lipinski definition) is 1. The fourth-order valence-electron chi connectivity index (χ4n) is 2.23. The van der Waals surface area contributed by atoms with E-state index in [1.54, 1.807) is 0 Å². The number of nitrogens with one attached hydrogen (secondary N) is 1. The molecule has 2 nitrogen and oxygen atoms in total. The summed E-state index contributed by atoms with van der Waals surface area (Å²) in [4.78, 5) is 2.35. The van der Waals surface area contributed by atoms with Gasteiger partial charge in [-0.1, -0.05) is 37.3 Å². The molecule has 0 unspecified atom stereocenters. The van der Waals surface area contributed by atoms with Gasteiger partial charge < -0.3 is 10.2 Å². The molecule has 0 bridgehead atoms. The Hall–Kier alpha value is -1.09. The van der Waals surface area contributed by atoms with Gasteiger partial charge >= 0.3 is 0 Å². The molecule has 0 atom stereocenters. The molecule has 1 aromatic rings. The van der Waals surface area contributed by atoms with Crippen molar-refractivity contribution in [2.45, 2.75) is 32.6 Å². The van der Waals surface area contributed by atoms with Crippen LogP contribution in [-0.4, -0.2) is 29.6 Å². The molecule has 3 heteroatoms. The Balaban J connectivity index is 1.72. The maximum Gasteiger partial charge on any atom is 0.168 e. The number of nitrogens with zero attached hydrogens (tertiary/aromatic N) is 1. The Labute approximate surface area is 122 Å². The number of rotatable bonds is 7. The van der Waals surface area contributed by atoms with E-state index in [1.807, 2.05) is 0 Å². The van der Waals surface area contributed by atoms with Crippen molar-refractivity contribution in [2.75, 3.05) is 19.6 Å². The van der Waals surface area contributed by atoms with Gasteiger partial charge in [0.2, 0.25) is 0 Å². The normalized spacial score (nSPS) is 14.2. The third kappa shape index (κ3) is 5.19. The molecule has 1 aromatic carbocycles. The lowest BCUT2D eigenvalue weighted by Gasteiger charge is -2.25. The van der Waals surface area contributed by atoms with Crippen LogP contribution in [0.15, 0.2) is 30.3 Å². The molecule has 0 aromatic heterocycles. The first kappa shape index (κ1) is 14.3. The predicted molar refractivity (Wildman–Crippen MR) is 85.3 cm³/mol. The molecule has 104 valence electrons. The predicted octanol–water partition coefficient (Wildman–Crippen LogP) is 3.23. The van der Waals surface area contributed by atoms with Crippen LogP contribution in [-0.2, 0) is 6.42 Å². The van der Waals surface area contributed by atoms with E-state index in [2.05, 4.69) is 47.5 Å². The Morgan fingerprint density at radius 1 is 1.32 bits per heavy atom. The molecule has 0 amide bonds. The lowest BCUT2D eigenvalue weighted by molar-refractivity contribution is 0.393. The monoisotopic (exact) mass is 276 g/mol. The molecular formula is C16H24N2S. The minimum Gasteiger partial charge on any atom is -0.362 e. The van der Waals surface area contributed by atoms with Gasteiger partial charge in [0.05, 0.1) is 0 Å². The molecule has 0 radical (unpaired) electrons. The highest BCUT2D eigenvalue weighted by molar-refractivity contribution is 7.80. The first-order valence-electron chi connectivity index (χ1n) is 7.36. The summed E-state index contributed by atoms with van der Waals surface area (Å²) in [6.45, 7) is 5.36. The second-order valence-corrected chi connectivity index (χ2v) is 5.74. The van der Waals surface area contributed by atoms with E-state index < -0.39 is 0 Å². The quantitative estimate of drug-likeness (QED) is 0.770. The topological polar surface area (TPSA) is 15.3 Å². The van der Waals surface area contributed by atoms with Crippen LogP contribution in [0.2, 0.25) is 0 Å². The van der Waals surface area contributed by atoms with E-state index in [1.165, 1.54) is 18.4 Å². The Kier molecular flexibility index (Phi) is 5.64. The highest BCUT2D eigenvalue weighted by Crippen LogP contribution is 2.29. The average molecular weight is 276 g/mol. The smallest absolute Gasteiger partial charge is 0.168 e. The zero-order chi connectivity index (χ0) is 13.5. The lowest BCUT2D eigenvalue weighted by atomic mass is 10.1. The van der Waals surface area contributed by atoms with Crippen molar-refractivity contribution in [3.8, 4) is 0 Å². The molecule has 1 aliphatic carbocycles. The van der Waals surface area contributed by atoms with E-state index in [9.17, 15) is 0 Å². The Morgan fingerprint density at radius 3 is 2.68 bits per heavy atom. The summed E-state index contributed by atoms with van der Waals surface area (Å²) in [7, 11) is 0. The molecule has 19 heavy (non-hydrogen) atoms. The van der Waals surface area contributed by atoms with E-state index >= 15 is 0 Å². The number of benzene rings is 1. The van der Waals surface area contributed by atoms with Crippen molar-refractivity contribution in [2.24, 2.45) is 5.92 Å². The van der Waals surface area contributed by atoms with Crippen molar-refractivity contribution in [3.63, 3.8) is 0 Å². The molecule has 0 heterocycles. The van der Waals surface area contributed by atoms with Gasteiger partial charge in [-0.2, -0.15) is 0 Å². The fourth-order valence-corrected chi connectivity index (χ4v) is 2.50. The zero-order valence-corrected chi connectivity index (χ0v) is 12.6. The molecule has 1 aliphatic rings. The van der Waals surface area contributed by atoms with Crippen molar-refractivity contribution in [1.29, 1.82) is 0 Å². The molecule has 1 N–H and O–H groups in total. The van der Waals surface area contributed by atoms with Gasteiger partial charge in [0.1, 0.15) is 0 Å². The van der Waals surface area contributed by atoms with Gasteiger partial charge in [-0.15, -0.1) is 0 Å². The van der Waals surface area contributed by atoms with Crippen molar-refractivity contribution in [1.82, 2.24) is 10.2 Å². The van der Waals surface area contributed by atoms with Gasteiger partial charge in [0.25, 0.3) is 0 Å². The number of hydrogen-bond acceptors (Lipinski definition) is 1. The van der Waals surface area contributed by atoms with Crippen LogP contribution in [0.25, 0.3) is 0 Å². The lowest BCUT2D eigenvalue weighted by Crippen LogP contribution is -2.42. The third-order valence-corrected chi connectivity index (χ3v) is 3.89. The van der Waals surface area contributed by atoms with Crippen molar-refractivity contribution >= 4 is 17.3 Å². The highest BCUT2D eigenvalue weighted by atomic mass is 32.1. The van der Waals surface area contributed by atoms with Gasteiger partial charge in [-0.25, -0.2) is 0 Å². The third-order valence-electron chi connectivity index (χ3n) is 3.49. The summed E-state index contributed by atoms with van der Waals surface area (Å²) in [6, 6.07) is 10.6. The molecular weight excluding hydrogens is 252 g/mol. The first-order chi connectivity index (χ1) is 9.29. The van der Waals surface area contributed by atoms with Crippen LogP contribution in [0.4, 0.5) is 0 Å². The molecule has 0 spiro atoms. The summed E-state index contributed by atoms with van der Waals surface area (Å²) < 4.78 is 0. The molecule has 0 aliphatic heterocycles. The minimum atomic E-state index is 0.889. The molecule has 2 rings (SSSR count). The second kappa shape index (κ2) is 7.49. The van der Waals surface area contributed by atoms with Crippen molar-refractivity contribution in [3.05, 3.63) is 35.9 Å². The Bertz CT molecular complexity index is 387. The van der Waals surface area contributed by atoms with Crippen LogP contribution in [0.3, 0.4) is 0 Å².